The Bertz CT molecular complexity index is 341. The van der Waals surface area contributed by atoms with Crippen molar-refractivity contribution >= 4 is 11.8 Å². The maximum absolute atomic E-state index is 12.3. The number of piperidine rings is 1. The molecule has 1 fully saturated rings. The van der Waals surface area contributed by atoms with Gasteiger partial charge >= 0.3 is 0 Å². The summed E-state index contributed by atoms with van der Waals surface area (Å²) >= 11 is 0. The molecule has 5 nitrogen and oxygen atoms in total. The molecule has 0 aromatic heterocycles. The summed E-state index contributed by atoms with van der Waals surface area (Å²) in [4.78, 5) is 28.4. The number of rotatable bonds is 6. The van der Waals surface area contributed by atoms with E-state index in [0.717, 1.165) is 25.9 Å². The molecule has 1 heterocycles. The van der Waals surface area contributed by atoms with Crippen molar-refractivity contribution in [1.29, 1.82) is 0 Å². The Morgan fingerprint density at radius 3 is 2.00 bits per heavy atom. The number of carbonyl (C=O) groups is 2. The fraction of sp³-hybridized carbons (Fsp3) is 0.875. The average Bonchev–Trinajstić information content (AvgIpc) is 2.44. The van der Waals surface area contributed by atoms with E-state index in [9.17, 15) is 9.59 Å². The Morgan fingerprint density at radius 2 is 1.52 bits per heavy atom. The second-order valence-corrected chi connectivity index (χ2v) is 6.53. The lowest BCUT2D eigenvalue weighted by atomic mass is 10.1. The maximum Gasteiger partial charge on any atom is 0.244 e. The predicted molar refractivity (Wildman–Crippen MR) is 85.0 cm³/mol. The van der Waals surface area contributed by atoms with Gasteiger partial charge in [0, 0.05) is 25.2 Å². The van der Waals surface area contributed by atoms with Crippen molar-refractivity contribution in [3.63, 3.8) is 0 Å². The van der Waals surface area contributed by atoms with Crippen LogP contribution in [0, 0.1) is 0 Å². The van der Waals surface area contributed by atoms with Crippen LogP contribution in [-0.2, 0) is 9.59 Å². The largest absolute Gasteiger partial charge is 0.343 e. The number of nitrogens with zero attached hydrogens (tertiary/aromatic N) is 2. The van der Waals surface area contributed by atoms with Crippen LogP contribution >= 0.6 is 0 Å². The van der Waals surface area contributed by atoms with Gasteiger partial charge in [-0.2, -0.15) is 0 Å². The van der Waals surface area contributed by atoms with Gasteiger partial charge in [-0.05, 0) is 53.9 Å². The summed E-state index contributed by atoms with van der Waals surface area (Å²) in [5.41, 5.74) is 0. The fourth-order valence-corrected chi connectivity index (χ4v) is 2.86. The molecular weight excluding hydrogens is 266 g/mol. The van der Waals surface area contributed by atoms with Gasteiger partial charge in [-0.15, -0.1) is 0 Å². The van der Waals surface area contributed by atoms with Crippen LogP contribution in [0.4, 0.5) is 0 Å². The minimum atomic E-state index is -0.434. The van der Waals surface area contributed by atoms with Gasteiger partial charge in [0.15, 0.2) is 0 Å². The third kappa shape index (κ3) is 5.65. The lowest BCUT2D eigenvalue weighted by molar-refractivity contribution is -0.137. The van der Waals surface area contributed by atoms with Gasteiger partial charge in [0.05, 0.1) is 6.54 Å². The smallest absolute Gasteiger partial charge is 0.244 e. The van der Waals surface area contributed by atoms with Crippen molar-refractivity contribution < 1.29 is 9.59 Å². The van der Waals surface area contributed by atoms with Crippen LogP contribution in [0.2, 0.25) is 0 Å². The summed E-state index contributed by atoms with van der Waals surface area (Å²) in [6, 6.07) is 0.185. The van der Waals surface area contributed by atoms with Crippen LogP contribution < -0.4 is 5.32 Å². The molecule has 2 amide bonds. The molecule has 1 atom stereocenters. The second kappa shape index (κ2) is 8.37. The first-order valence-corrected chi connectivity index (χ1v) is 8.16. The number of nitrogens with one attached hydrogen (secondary N) is 1. The molecule has 0 aromatic rings. The van der Waals surface area contributed by atoms with E-state index >= 15 is 0 Å². The van der Waals surface area contributed by atoms with Gasteiger partial charge in [-0.1, -0.05) is 0 Å². The molecule has 0 aromatic carbocycles. The van der Waals surface area contributed by atoms with Gasteiger partial charge in [0.1, 0.15) is 6.04 Å². The molecule has 1 N–H and O–H groups in total. The Labute approximate surface area is 129 Å². The van der Waals surface area contributed by atoms with Crippen molar-refractivity contribution in [3.8, 4) is 0 Å². The zero-order valence-electron chi connectivity index (χ0n) is 14.2. The zero-order chi connectivity index (χ0) is 16.0. The SMILES string of the molecule is CC(NC(=O)CN(C(C)C)C(C)C)C(=O)N1CCCCC1. The molecule has 1 aliphatic rings. The molecule has 1 saturated heterocycles. The van der Waals surface area contributed by atoms with E-state index in [1.165, 1.54) is 6.42 Å². The molecule has 0 radical (unpaired) electrons. The molecule has 5 heteroatoms. The number of amides is 2. The zero-order valence-corrected chi connectivity index (χ0v) is 14.2. The van der Waals surface area contributed by atoms with Crippen LogP contribution in [0.1, 0.15) is 53.9 Å². The molecule has 122 valence electrons. The standard InChI is InChI=1S/C16H31N3O2/c1-12(2)19(13(3)4)11-15(20)17-14(5)16(21)18-9-7-6-8-10-18/h12-14H,6-11H2,1-5H3,(H,17,20). The number of likely N-dealkylation sites (tertiary alicyclic amines) is 1. The maximum atomic E-state index is 12.3. The van der Waals surface area contributed by atoms with Crippen LogP contribution in [0.15, 0.2) is 0 Å². The van der Waals surface area contributed by atoms with Crippen LogP contribution in [0.3, 0.4) is 0 Å². The quantitative estimate of drug-likeness (QED) is 0.810. The van der Waals surface area contributed by atoms with E-state index in [1.54, 1.807) is 6.92 Å². The highest BCUT2D eigenvalue weighted by molar-refractivity contribution is 5.88. The third-order valence-electron chi connectivity index (χ3n) is 4.07. The van der Waals surface area contributed by atoms with E-state index < -0.39 is 6.04 Å². The molecule has 1 unspecified atom stereocenters. The molecule has 0 spiro atoms. The number of carbonyl (C=O) groups excluding carboxylic acids is 2. The summed E-state index contributed by atoms with van der Waals surface area (Å²) in [7, 11) is 0. The first-order chi connectivity index (χ1) is 9.82. The summed E-state index contributed by atoms with van der Waals surface area (Å²) in [6.45, 7) is 12.1. The van der Waals surface area contributed by atoms with Crippen molar-refractivity contribution in [2.75, 3.05) is 19.6 Å². The molecule has 1 aliphatic heterocycles. The van der Waals surface area contributed by atoms with Crippen LogP contribution in [-0.4, -0.2) is 59.4 Å². The summed E-state index contributed by atoms with van der Waals surface area (Å²) in [6.07, 6.45) is 3.34. The minimum Gasteiger partial charge on any atom is -0.343 e. The first-order valence-electron chi connectivity index (χ1n) is 8.16. The highest BCUT2D eigenvalue weighted by Gasteiger charge is 2.24. The van der Waals surface area contributed by atoms with E-state index in [4.69, 9.17) is 0 Å². The normalized spacial score (nSPS) is 17.4. The monoisotopic (exact) mass is 297 g/mol. The van der Waals surface area contributed by atoms with E-state index in [1.807, 2.05) is 4.90 Å². The number of hydrogen-bond donors (Lipinski definition) is 1. The van der Waals surface area contributed by atoms with Crippen LogP contribution in [0.5, 0.6) is 0 Å². The Kier molecular flexibility index (Phi) is 7.15. The van der Waals surface area contributed by atoms with Crippen molar-refractivity contribution in [2.45, 2.75) is 72.0 Å². The van der Waals surface area contributed by atoms with Gasteiger partial charge < -0.3 is 10.2 Å². The molecule has 0 aliphatic carbocycles. The molecule has 1 rings (SSSR count). The third-order valence-corrected chi connectivity index (χ3v) is 4.07. The summed E-state index contributed by atoms with van der Waals surface area (Å²) < 4.78 is 0. The van der Waals surface area contributed by atoms with Crippen molar-refractivity contribution in [1.82, 2.24) is 15.1 Å². The van der Waals surface area contributed by atoms with E-state index in [2.05, 4.69) is 37.9 Å². The highest BCUT2D eigenvalue weighted by atomic mass is 16.2. The molecule has 0 bridgehead atoms. The van der Waals surface area contributed by atoms with Gasteiger partial charge in [0.2, 0.25) is 11.8 Å². The van der Waals surface area contributed by atoms with Crippen molar-refractivity contribution in [2.24, 2.45) is 0 Å². The topological polar surface area (TPSA) is 52.7 Å². The van der Waals surface area contributed by atoms with E-state index in [-0.39, 0.29) is 11.8 Å². The predicted octanol–water partition coefficient (Wildman–Crippen LogP) is 1.62. The highest BCUT2D eigenvalue weighted by Crippen LogP contribution is 2.10. The second-order valence-electron chi connectivity index (χ2n) is 6.53. The van der Waals surface area contributed by atoms with Crippen LogP contribution in [0.25, 0.3) is 0 Å². The van der Waals surface area contributed by atoms with Crippen molar-refractivity contribution in [3.05, 3.63) is 0 Å². The van der Waals surface area contributed by atoms with E-state index in [0.29, 0.717) is 18.6 Å². The lowest BCUT2D eigenvalue weighted by Gasteiger charge is -2.31. The molecule has 0 saturated carbocycles. The molecular formula is C16H31N3O2. The first kappa shape index (κ1) is 18.0. The Morgan fingerprint density at radius 1 is 1.00 bits per heavy atom. The minimum absolute atomic E-state index is 0.0451. The van der Waals surface area contributed by atoms with Gasteiger partial charge in [-0.25, -0.2) is 0 Å². The molecule has 21 heavy (non-hydrogen) atoms. The Hall–Kier alpha value is -1.10. The average molecular weight is 297 g/mol. The Balaban J connectivity index is 2.47. The summed E-state index contributed by atoms with van der Waals surface area (Å²) in [5.74, 6) is -0.0287. The summed E-state index contributed by atoms with van der Waals surface area (Å²) in [5, 5.41) is 2.85. The van der Waals surface area contributed by atoms with Gasteiger partial charge in [-0.3, -0.25) is 14.5 Å². The number of hydrogen-bond acceptors (Lipinski definition) is 3. The fourth-order valence-electron chi connectivity index (χ4n) is 2.86. The van der Waals surface area contributed by atoms with Gasteiger partial charge in [0.25, 0.3) is 0 Å². The lowest BCUT2D eigenvalue weighted by Crippen LogP contribution is -2.51.